The topological polar surface area (TPSA) is 84.2 Å². The molecule has 3 aromatic rings. The van der Waals surface area contributed by atoms with E-state index in [0.717, 1.165) is 24.0 Å². The third-order valence-electron chi connectivity index (χ3n) is 4.84. The van der Waals surface area contributed by atoms with E-state index in [4.69, 9.17) is 16.1 Å². The Morgan fingerprint density at radius 1 is 1.29 bits per heavy atom. The molecular formula is C20H20ClN5O2. The van der Waals surface area contributed by atoms with Crippen LogP contribution in [0.15, 0.2) is 47.1 Å². The van der Waals surface area contributed by atoms with Crippen molar-refractivity contribution in [1.82, 2.24) is 20.0 Å². The number of rotatable bonds is 3. The van der Waals surface area contributed by atoms with Crippen molar-refractivity contribution in [2.75, 3.05) is 18.4 Å². The zero-order valence-corrected chi connectivity index (χ0v) is 16.2. The second kappa shape index (κ2) is 7.98. The number of urea groups is 1. The molecule has 0 spiro atoms. The summed E-state index contributed by atoms with van der Waals surface area (Å²) >= 11 is 5.93. The van der Waals surface area contributed by atoms with Crippen LogP contribution < -0.4 is 5.32 Å². The Morgan fingerprint density at radius 3 is 2.89 bits per heavy atom. The summed E-state index contributed by atoms with van der Waals surface area (Å²) in [6.07, 6.45) is 3.44. The molecule has 2 aromatic heterocycles. The minimum atomic E-state index is -0.163. The summed E-state index contributed by atoms with van der Waals surface area (Å²) in [5.74, 6) is 1.67. The predicted molar refractivity (Wildman–Crippen MR) is 106 cm³/mol. The first-order valence-electron chi connectivity index (χ1n) is 9.17. The Kier molecular flexibility index (Phi) is 5.25. The van der Waals surface area contributed by atoms with Crippen molar-refractivity contribution in [3.05, 3.63) is 59.1 Å². The van der Waals surface area contributed by atoms with Gasteiger partial charge < -0.3 is 9.42 Å². The molecule has 1 fully saturated rings. The molecular weight excluding hydrogens is 378 g/mol. The van der Waals surface area contributed by atoms with Crippen LogP contribution >= 0.6 is 11.6 Å². The molecule has 0 radical (unpaired) electrons. The van der Waals surface area contributed by atoms with E-state index in [1.165, 1.54) is 0 Å². The van der Waals surface area contributed by atoms with Crippen molar-refractivity contribution in [3.8, 4) is 11.4 Å². The number of nitrogens with zero attached hydrogens (tertiary/aromatic N) is 4. The molecule has 28 heavy (non-hydrogen) atoms. The van der Waals surface area contributed by atoms with Crippen LogP contribution in [0.25, 0.3) is 11.4 Å². The largest absolute Gasteiger partial charge is 0.339 e. The lowest BCUT2D eigenvalue weighted by Crippen LogP contribution is -2.41. The summed E-state index contributed by atoms with van der Waals surface area (Å²) in [5.41, 5.74) is 1.77. The van der Waals surface area contributed by atoms with E-state index in [2.05, 4.69) is 20.4 Å². The van der Waals surface area contributed by atoms with Gasteiger partial charge in [-0.25, -0.2) is 9.78 Å². The maximum atomic E-state index is 12.7. The summed E-state index contributed by atoms with van der Waals surface area (Å²) < 4.78 is 5.49. The van der Waals surface area contributed by atoms with Gasteiger partial charge in [0.05, 0.1) is 5.92 Å². The molecule has 1 N–H and O–H groups in total. The molecule has 1 aliphatic rings. The van der Waals surface area contributed by atoms with Crippen LogP contribution in [0.5, 0.6) is 0 Å². The normalized spacial score (nSPS) is 16.8. The standard InChI is InChI=1S/C20H20ClN5O2/c1-13-4-2-10-22-17(13)24-20(27)26-11-3-5-15(12-26)19-23-18(25-28-19)14-6-8-16(21)9-7-14/h2,4,6-10,15H,3,5,11-12H2,1H3,(H,22,24,27). The quantitative estimate of drug-likeness (QED) is 0.703. The number of likely N-dealkylation sites (tertiary alicyclic amines) is 1. The number of piperidine rings is 1. The van der Waals surface area contributed by atoms with Crippen molar-refractivity contribution >= 4 is 23.4 Å². The number of hydrogen-bond donors (Lipinski definition) is 1. The van der Waals surface area contributed by atoms with E-state index >= 15 is 0 Å². The Hall–Kier alpha value is -2.93. The van der Waals surface area contributed by atoms with Gasteiger partial charge in [-0.15, -0.1) is 0 Å². The number of hydrogen-bond acceptors (Lipinski definition) is 5. The van der Waals surface area contributed by atoms with Gasteiger partial charge in [-0.3, -0.25) is 5.32 Å². The van der Waals surface area contributed by atoms with Crippen LogP contribution in [0, 0.1) is 6.92 Å². The van der Waals surface area contributed by atoms with Crippen molar-refractivity contribution in [2.24, 2.45) is 0 Å². The second-order valence-corrected chi connectivity index (χ2v) is 7.28. The summed E-state index contributed by atoms with van der Waals surface area (Å²) in [6.45, 7) is 3.13. The highest BCUT2D eigenvalue weighted by atomic mass is 35.5. The molecule has 8 heteroatoms. The average Bonchev–Trinajstić information content (AvgIpc) is 3.21. The highest BCUT2D eigenvalue weighted by molar-refractivity contribution is 6.30. The molecule has 4 rings (SSSR count). The number of anilines is 1. The molecule has 1 aliphatic heterocycles. The Labute approximate surface area is 167 Å². The lowest BCUT2D eigenvalue weighted by molar-refractivity contribution is 0.184. The second-order valence-electron chi connectivity index (χ2n) is 6.85. The zero-order valence-electron chi connectivity index (χ0n) is 15.4. The minimum Gasteiger partial charge on any atom is -0.339 e. The summed E-state index contributed by atoms with van der Waals surface area (Å²) in [4.78, 5) is 23.2. The maximum absolute atomic E-state index is 12.7. The van der Waals surface area contributed by atoms with E-state index in [0.29, 0.717) is 35.6 Å². The van der Waals surface area contributed by atoms with Crippen LogP contribution in [0.2, 0.25) is 5.02 Å². The highest BCUT2D eigenvalue weighted by Gasteiger charge is 2.29. The number of aromatic nitrogens is 3. The molecule has 1 atom stereocenters. The number of carbonyl (C=O) groups is 1. The first kappa shape index (κ1) is 18.4. The van der Waals surface area contributed by atoms with Crippen LogP contribution in [0.3, 0.4) is 0 Å². The van der Waals surface area contributed by atoms with E-state index in [1.54, 1.807) is 23.2 Å². The minimum absolute atomic E-state index is 0.0119. The highest BCUT2D eigenvalue weighted by Crippen LogP contribution is 2.28. The van der Waals surface area contributed by atoms with Crippen LogP contribution in [-0.2, 0) is 0 Å². The maximum Gasteiger partial charge on any atom is 0.323 e. The summed E-state index contributed by atoms with van der Waals surface area (Å²) in [5, 5.41) is 7.62. The number of benzene rings is 1. The zero-order chi connectivity index (χ0) is 19.5. The van der Waals surface area contributed by atoms with Gasteiger partial charge in [0, 0.05) is 29.9 Å². The van der Waals surface area contributed by atoms with Crippen molar-refractivity contribution in [3.63, 3.8) is 0 Å². The molecule has 0 saturated carbocycles. The number of nitrogens with one attached hydrogen (secondary N) is 1. The summed E-state index contributed by atoms with van der Waals surface area (Å²) in [7, 11) is 0. The van der Waals surface area contributed by atoms with Gasteiger partial charge in [0.2, 0.25) is 11.7 Å². The molecule has 3 heterocycles. The van der Waals surface area contributed by atoms with Crippen molar-refractivity contribution < 1.29 is 9.32 Å². The first-order chi connectivity index (χ1) is 13.6. The predicted octanol–water partition coefficient (Wildman–Crippen LogP) is 4.50. The lowest BCUT2D eigenvalue weighted by atomic mass is 9.98. The van der Waals surface area contributed by atoms with Crippen molar-refractivity contribution in [2.45, 2.75) is 25.7 Å². The van der Waals surface area contributed by atoms with Gasteiger partial charge in [-0.2, -0.15) is 4.98 Å². The first-order valence-corrected chi connectivity index (χ1v) is 9.55. The van der Waals surface area contributed by atoms with E-state index in [9.17, 15) is 4.79 Å². The molecule has 1 aromatic carbocycles. The van der Waals surface area contributed by atoms with Gasteiger partial charge in [0.15, 0.2) is 0 Å². The smallest absolute Gasteiger partial charge is 0.323 e. The third kappa shape index (κ3) is 3.99. The Morgan fingerprint density at radius 2 is 2.11 bits per heavy atom. The average molecular weight is 398 g/mol. The fourth-order valence-electron chi connectivity index (χ4n) is 3.28. The van der Waals surface area contributed by atoms with Gasteiger partial charge >= 0.3 is 6.03 Å². The van der Waals surface area contributed by atoms with E-state index in [-0.39, 0.29) is 11.9 Å². The molecule has 0 aliphatic carbocycles. The lowest BCUT2D eigenvalue weighted by Gasteiger charge is -2.31. The third-order valence-corrected chi connectivity index (χ3v) is 5.09. The number of amides is 2. The fourth-order valence-corrected chi connectivity index (χ4v) is 3.40. The number of pyridine rings is 1. The molecule has 144 valence electrons. The van der Waals surface area contributed by atoms with Crippen molar-refractivity contribution in [1.29, 1.82) is 0 Å². The van der Waals surface area contributed by atoms with Gasteiger partial charge in [-0.05, 0) is 55.7 Å². The molecule has 0 bridgehead atoms. The van der Waals surface area contributed by atoms with Gasteiger partial charge in [0.1, 0.15) is 5.82 Å². The van der Waals surface area contributed by atoms with E-state index < -0.39 is 0 Å². The molecule has 2 amide bonds. The SMILES string of the molecule is Cc1cccnc1NC(=O)N1CCCC(c2nc(-c3ccc(Cl)cc3)no2)C1. The number of halogens is 1. The van der Waals surface area contributed by atoms with Crippen LogP contribution in [0.1, 0.15) is 30.2 Å². The fraction of sp³-hybridized carbons (Fsp3) is 0.300. The Balaban J connectivity index is 1.44. The Bertz CT molecular complexity index is 973. The van der Waals surface area contributed by atoms with Gasteiger partial charge in [0.25, 0.3) is 0 Å². The number of carbonyl (C=O) groups excluding carboxylic acids is 1. The molecule has 1 unspecified atom stereocenters. The van der Waals surface area contributed by atoms with Gasteiger partial charge in [-0.1, -0.05) is 22.8 Å². The number of aryl methyl sites for hydroxylation is 1. The van der Waals surface area contributed by atoms with Crippen LogP contribution in [0.4, 0.5) is 10.6 Å². The molecule has 7 nitrogen and oxygen atoms in total. The monoisotopic (exact) mass is 397 g/mol. The summed E-state index contributed by atoms with van der Waals surface area (Å²) in [6, 6.07) is 10.9. The van der Waals surface area contributed by atoms with E-state index in [1.807, 2.05) is 31.2 Å². The van der Waals surface area contributed by atoms with Crippen LogP contribution in [-0.4, -0.2) is 39.1 Å². The molecule has 1 saturated heterocycles.